The second-order valence-corrected chi connectivity index (χ2v) is 8.82. The SMILES string of the molecule is CCN(CC)S(=O)(=O)c1cccc(C(=O)Nc2ccc(-c3nccs3)cc2)c1. The molecule has 0 aliphatic rings. The zero-order valence-electron chi connectivity index (χ0n) is 15.6. The van der Waals surface area contributed by atoms with E-state index >= 15 is 0 Å². The molecule has 1 aromatic heterocycles. The lowest BCUT2D eigenvalue weighted by atomic mass is 10.2. The van der Waals surface area contributed by atoms with E-state index in [1.54, 1.807) is 55.6 Å². The van der Waals surface area contributed by atoms with Crippen LogP contribution in [0.3, 0.4) is 0 Å². The molecule has 0 atom stereocenters. The predicted molar refractivity (Wildman–Crippen MR) is 112 cm³/mol. The summed E-state index contributed by atoms with van der Waals surface area (Å²) in [6.45, 7) is 4.32. The minimum atomic E-state index is -3.61. The number of aromatic nitrogens is 1. The molecule has 3 rings (SSSR count). The maximum Gasteiger partial charge on any atom is 0.255 e. The lowest BCUT2D eigenvalue weighted by Gasteiger charge is -2.18. The van der Waals surface area contributed by atoms with Crippen LogP contribution in [-0.2, 0) is 10.0 Å². The monoisotopic (exact) mass is 415 g/mol. The number of nitrogens with zero attached hydrogens (tertiary/aromatic N) is 2. The van der Waals surface area contributed by atoms with Crippen molar-refractivity contribution in [2.45, 2.75) is 18.7 Å². The Morgan fingerprint density at radius 2 is 1.82 bits per heavy atom. The molecule has 0 saturated carbocycles. The summed E-state index contributed by atoms with van der Waals surface area (Å²) in [5.74, 6) is -0.362. The lowest BCUT2D eigenvalue weighted by molar-refractivity contribution is 0.102. The normalized spacial score (nSPS) is 11.5. The van der Waals surface area contributed by atoms with Crippen molar-refractivity contribution in [1.82, 2.24) is 9.29 Å². The Morgan fingerprint density at radius 1 is 1.11 bits per heavy atom. The molecule has 28 heavy (non-hydrogen) atoms. The topological polar surface area (TPSA) is 79.4 Å². The molecule has 3 aromatic rings. The Hall–Kier alpha value is -2.55. The number of hydrogen-bond acceptors (Lipinski definition) is 5. The Bertz CT molecular complexity index is 1040. The van der Waals surface area contributed by atoms with Gasteiger partial charge in [0.25, 0.3) is 5.91 Å². The van der Waals surface area contributed by atoms with Gasteiger partial charge >= 0.3 is 0 Å². The number of sulfonamides is 1. The van der Waals surface area contributed by atoms with Crippen molar-refractivity contribution in [2.24, 2.45) is 0 Å². The summed E-state index contributed by atoms with van der Waals surface area (Å²) < 4.78 is 26.7. The summed E-state index contributed by atoms with van der Waals surface area (Å²) in [4.78, 5) is 17.0. The molecule has 2 aromatic carbocycles. The van der Waals surface area contributed by atoms with Gasteiger partial charge < -0.3 is 5.32 Å². The van der Waals surface area contributed by atoms with Crippen LogP contribution in [0.25, 0.3) is 10.6 Å². The molecule has 1 amide bonds. The highest BCUT2D eigenvalue weighted by molar-refractivity contribution is 7.89. The van der Waals surface area contributed by atoms with Gasteiger partial charge in [-0.15, -0.1) is 11.3 Å². The largest absolute Gasteiger partial charge is 0.322 e. The van der Waals surface area contributed by atoms with Crippen LogP contribution in [0.15, 0.2) is 65.0 Å². The molecule has 1 N–H and O–H groups in total. The Labute approximate surface area is 168 Å². The zero-order chi connectivity index (χ0) is 20.1. The molecule has 0 saturated heterocycles. The van der Waals surface area contributed by atoms with E-state index in [1.807, 2.05) is 17.5 Å². The minimum Gasteiger partial charge on any atom is -0.322 e. The van der Waals surface area contributed by atoms with Crippen LogP contribution in [-0.4, -0.2) is 36.7 Å². The van der Waals surface area contributed by atoms with E-state index in [0.29, 0.717) is 18.8 Å². The predicted octanol–water partition coefficient (Wildman–Crippen LogP) is 4.09. The smallest absolute Gasteiger partial charge is 0.255 e. The van der Waals surface area contributed by atoms with Gasteiger partial charge in [0.05, 0.1) is 4.90 Å². The number of carbonyl (C=O) groups excluding carboxylic acids is 1. The van der Waals surface area contributed by atoms with Crippen LogP contribution in [0, 0.1) is 0 Å². The number of hydrogen-bond donors (Lipinski definition) is 1. The fourth-order valence-corrected chi connectivity index (χ4v) is 4.92. The van der Waals surface area contributed by atoms with E-state index in [1.165, 1.54) is 16.4 Å². The molecule has 8 heteroatoms. The van der Waals surface area contributed by atoms with Crippen molar-refractivity contribution in [3.8, 4) is 10.6 Å². The van der Waals surface area contributed by atoms with Crippen molar-refractivity contribution in [3.05, 3.63) is 65.7 Å². The second-order valence-electron chi connectivity index (χ2n) is 5.99. The third kappa shape index (κ3) is 4.30. The van der Waals surface area contributed by atoms with E-state index < -0.39 is 10.0 Å². The third-order valence-corrected chi connectivity index (χ3v) is 7.13. The highest BCUT2D eigenvalue weighted by Crippen LogP contribution is 2.24. The molecule has 0 unspecified atom stereocenters. The van der Waals surface area contributed by atoms with Crippen LogP contribution in [0.1, 0.15) is 24.2 Å². The first-order valence-corrected chi connectivity index (χ1v) is 11.2. The van der Waals surface area contributed by atoms with Gasteiger partial charge in [0.15, 0.2) is 0 Å². The average molecular weight is 416 g/mol. The second kappa shape index (κ2) is 8.64. The maximum absolute atomic E-state index is 12.7. The van der Waals surface area contributed by atoms with Gasteiger partial charge in [0.1, 0.15) is 5.01 Å². The molecular weight excluding hydrogens is 394 g/mol. The van der Waals surface area contributed by atoms with Crippen molar-refractivity contribution < 1.29 is 13.2 Å². The Balaban J connectivity index is 1.78. The summed E-state index contributed by atoms with van der Waals surface area (Å²) >= 11 is 1.54. The van der Waals surface area contributed by atoms with Crippen LogP contribution in [0.2, 0.25) is 0 Å². The van der Waals surface area contributed by atoms with Crippen LogP contribution in [0.4, 0.5) is 5.69 Å². The standard InChI is InChI=1S/C20H21N3O3S2/c1-3-23(4-2)28(25,26)18-7-5-6-16(14-18)19(24)22-17-10-8-15(9-11-17)20-21-12-13-27-20/h5-14H,3-4H2,1-2H3,(H,22,24). The number of rotatable bonds is 7. The number of amides is 1. The molecule has 6 nitrogen and oxygen atoms in total. The Morgan fingerprint density at radius 3 is 2.43 bits per heavy atom. The van der Waals surface area contributed by atoms with Crippen LogP contribution >= 0.6 is 11.3 Å². The van der Waals surface area contributed by atoms with Crippen molar-refractivity contribution in [2.75, 3.05) is 18.4 Å². The minimum absolute atomic E-state index is 0.114. The summed E-state index contributed by atoms with van der Waals surface area (Å²) in [5.41, 5.74) is 1.89. The van der Waals surface area contributed by atoms with Gasteiger partial charge in [0, 0.05) is 41.5 Å². The van der Waals surface area contributed by atoms with Gasteiger partial charge in [-0.3, -0.25) is 4.79 Å². The lowest BCUT2D eigenvalue weighted by Crippen LogP contribution is -2.30. The zero-order valence-corrected chi connectivity index (χ0v) is 17.3. The molecule has 0 fully saturated rings. The number of benzene rings is 2. The van der Waals surface area contributed by atoms with Gasteiger partial charge in [0.2, 0.25) is 10.0 Å². The van der Waals surface area contributed by atoms with Gasteiger partial charge in [-0.1, -0.05) is 19.9 Å². The molecule has 0 spiro atoms. The fourth-order valence-electron chi connectivity index (χ4n) is 2.78. The molecule has 0 aliphatic heterocycles. The van der Waals surface area contributed by atoms with Crippen molar-refractivity contribution in [1.29, 1.82) is 0 Å². The quantitative estimate of drug-likeness (QED) is 0.630. The van der Waals surface area contributed by atoms with Crippen LogP contribution < -0.4 is 5.32 Å². The highest BCUT2D eigenvalue weighted by atomic mass is 32.2. The number of nitrogens with one attached hydrogen (secondary N) is 1. The van der Waals surface area contributed by atoms with E-state index in [9.17, 15) is 13.2 Å². The van der Waals surface area contributed by atoms with Crippen LogP contribution in [0.5, 0.6) is 0 Å². The fraction of sp³-hybridized carbons (Fsp3) is 0.200. The van der Waals surface area contributed by atoms with Gasteiger partial charge in [-0.2, -0.15) is 4.31 Å². The maximum atomic E-state index is 12.7. The summed E-state index contributed by atoms with van der Waals surface area (Å²) in [6.07, 6.45) is 1.74. The molecule has 0 aliphatic carbocycles. The summed E-state index contributed by atoms with van der Waals surface area (Å²) in [6, 6.07) is 13.5. The third-order valence-electron chi connectivity index (χ3n) is 4.26. The van der Waals surface area contributed by atoms with Crippen molar-refractivity contribution >= 4 is 33.0 Å². The van der Waals surface area contributed by atoms with E-state index in [2.05, 4.69) is 10.3 Å². The number of anilines is 1. The van der Waals surface area contributed by atoms with Crippen molar-refractivity contribution in [3.63, 3.8) is 0 Å². The molecule has 0 radical (unpaired) electrons. The first-order valence-electron chi connectivity index (χ1n) is 8.87. The van der Waals surface area contributed by atoms with E-state index in [-0.39, 0.29) is 16.4 Å². The van der Waals surface area contributed by atoms with E-state index in [0.717, 1.165) is 10.6 Å². The molecule has 0 bridgehead atoms. The van der Waals surface area contributed by atoms with Gasteiger partial charge in [-0.05, 0) is 42.5 Å². The molecule has 146 valence electrons. The average Bonchev–Trinajstić information content (AvgIpc) is 3.24. The first-order chi connectivity index (χ1) is 13.5. The van der Waals surface area contributed by atoms with Gasteiger partial charge in [-0.25, -0.2) is 13.4 Å². The summed E-state index contributed by atoms with van der Waals surface area (Å²) in [7, 11) is -3.61. The Kier molecular flexibility index (Phi) is 6.23. The number of carbonyl (C=O) groups is 1. The van der Waals surface area contributed by atoms with E-state index in [4.69, 9.17) is 0 Å². The highest BCUT2D eigenvalue weighted by Gasteiger charge is 2.22. The number of thiazole rings is 1. The molecular formula is C20H21N3O3S2. The summed E-state index contributed by atoms with van der Waals surface area (Å²) in [5, 5.41) is 5.62. The first kappa shape index (κ1) is 20.2. The molecule has 1 heterocycles.